The van der Waals surface area contributed by atoms with Crippen molar-refractivity contribution in [3.05, 3.63) is 0 Å². The van der Waals surface area contributed by atoms with E-state index >= 15 is 0 Å². The number of amides is 2. The van der Waals surface area contributed by atoms with Crippen LogP contribution < -0.4 is 10.6 Å². The normalized spacial score (nSPS) is 21.2. The number of rotatable bonds is 10. The summed E-state index contributed by atoms with van der Waals surface area (Å²) in [6.07, 6.45) is 3.63. The Morgan fingerprint density at radius 1 is 1.19 bits per heavy atom. The Bertz CT molecular complexity index is 324. The molecule has 21 heavy (non-hydrogen) atoms. The number of urea groups is 1. The van der Waals surface area contributed by atoms with Crippen LogP contribution in [-0.4, -0.2) is 56.6 Å². The number of hydrogen-bond donors (Lipinski definition) is 3. The summed E-state index contributed by atoms with van der Waals surface area (Å²) in [6, 6.07) is -0.241. The van der Waals surface area contributed by atoms with Gasteiger partial charge in [-0.2, -0.15) is 0 Å². The molecule has 2 atom stereocenters. The van der Waals surface area contributed by atoms with Gasteiger partial charge >= 0.3 is 12.0 Å². The van der Waals surface area contributed by atoms with E-state index in [2.05, 4.69) is 10.6 Å². The zero-order chi connectivity index (χ0) is 15.5. The van der Waals surface area contributed by atoms with E-state index in [1.165, 1.54) is 0 Å². The molecule has 1 rings (SSSR count). The van der Waals surface area contributed by atoms with Crippen molar-refractivity contribution in [2.24, 2.45) is 5.92 Å². The Hall–Kier alpha value is -1.34. The van der Waals surface area contributed by atoms with Crippen molar-refractivity contribution in [2.45, 2.75) is 38.1 Å². The van der Waals surface area contributed by atoms with Crippen molar-refractivity contribution in [1.29, 1.82) is 0 Å². The summed E-state index contributed by atoms with van der Waals surface area (Å²) < 4.78 is 10.2. The van der Waals surface area contributed by atoms with Gasteiger partial charge in [-0.3, -0.25) is 4.79 Å². The van der Waals surface area contributed by atoms with Gasteiger partial charge in [0.25, 0.3) is 0 Å². The standard InChI is InChI=1S/C14H26N2O5/c1-20-8-9-21-7-3-2-6-15-14(19)16-12-5-4-11(10-12)13(17)18/h11-12H,2-10H2,1H3,(H,17,18)(H2,15,16,19)/t11-,12+/m1/s1. The Morgan fingerprint density at radius 2 is 2.00 bits per heavy atom. The maximum absolute atomic E-state index is 11.6. The minimum atomic E-state index is -0.770. The molecule has 0 aliphatic heterocycles. The number of aliphatic carboxylic acids is 1. The van der Waals surface area contributed by atoms with Crippen molar-refractivity contribution in [2.75, 3.05) is 33.5 Å². The molecular weight excluding hydrogens is 276 g/mol. The molecule has 0 heterocycles. The van der Waals surface area contributed by atoms with Crippen LogP contribution in [0.3, 0.4) is 0 Å². The monoisotopic (exact) mass is 302 g/mol. The maximum Gasteiger partial charge on any atom is 0.315 e. The van der Waals surface area contributed by atoms with Crippen LogP contribution in [0.4, 0.5) is 4.79 Å². The van der Waals surface area contributed by atoms with Gasteiger partial charge in [-0.15, -0.1) is 0 Å². The second-order valence-corrected chi connectivity index (χ2v) is 5.26. The number of hydrogen-bond acceptors (Lipinski definition) is 4. The van der Waals surface area contributed by atoms with E-state index in [1.807, 2.05) is 0 Å². The quantitative estimate of drug-likeness (QED) is 0.523. The predicted octanol–water partition coefficient (Wildman–Crippen LogP) is 0.982. The lowest BCUT2D eigenvalue weighted by atomic mass is 10.1. The zero-order valence-electron chi connectivity index (χ0n) is 12.6. The van der Waals surface area contributed by atoms with Crippen LogP contribution in [0, 0.1) is 5.92 Å². The lowest BCUT2D eigenvalue weighted by molar-refractivity contribution is -0.141. The summed E-state index contributed by atoms with van der Waals surface area (Å²) in [5.74, 6) is -1.09. The molecule has 0 bridgehead atoms. The fraction of sp³-hybridized carbons (Fsp3) is 0.857. The number of ether oxygens (including phenoxy) is 2. The van der Waals surface area contributed by atoms with Gasteiger partial charge in [0.15, 0.2) is 0 Å². The van der Waals surface area contributed by atoms with E-state index in [1.54, 1.807) is 7.11 Å². The molecule has 1 fully saturated rings. The molecule has 3 N–H and O–H groups in total. The van der Waals surface area contributed by atoms with Crippen molar-refractivity contribution in [3.63, 3.8) is 0 Å². The summed E-state index contributed by atoms with van der Waals surface area (Å²) in [4.78, 5) is 22.5. The Labute approximate surface area is 125 Å². The van der Waals surface area contributed by atoms with Gasteiger partial charge in [-0.25, -0.2) is 4.79 Å². The minimum absolute atomic E-state index is 0.0246. The fourth-order valence-corrected chi connectivity index (χ4v) is 2.35. The maximum atomic E-state index is 11.6. The smallest absolute Gasteiger partial charge is 0.315 e. The first-order valence-electron chi connectivity index (χ1n) is 7.47. The van der Waals surface area contributed by atoms with Gasteiger partial charge in [-0.05, 0) is 32.1 Å². The molecule has 0 unspecified atom stereocenters. The number of carbonyl (C=O) groups is 2. The average Bonchev–Trinajstić information content (AvgIpc) is 2.90. The van der Waals surface area contributed by atoms with Crippen LogP contribution in [0.2, 0.25) is 0 Å². The first kappa shape index (κ1) is 17.7. The molecule has 0 saturated heterocycles. The molecule has 0 aromatic heterocycles. The summed E-state index contributed by atoms with van der Waals surface area (Å²) in [7, 11) is 1.63. The third-order valence-corrected chi connectivity index (χ3v) is 3.55. The van der Waals surface area contributed by atoms with Crippen molar-refractivity contribution in [3.8, 4) is 0 Å². The highest BCUT2D eigenvalue weighted by atomic mass is 16.5. The molecule has 7 nitrogen and oxygen atoms in total. The second-order valence-electron chi connectivity index (χ2n) is 5.26. The fourth-order valence-electron chi connectivity index (χ4n) is 2.35. The van der Waals surface area contributed by atoms with Crippen LogP contribution in [0.5, 0.6) is 0 Å². The zero-order valence-corrected chi connectivity index (χ0v) is 12.6. The Balaban J connectivity index is 1.96. The van der Waals surface area contributed by atoms with Crippen LogP contribution in [0.1, 0.15) is 32.1 Å². The Kier molecular flexibility index (Phi) is 8.77. The second kappa shape index (κ2) is 10.4. The lowest BCUT2D eigenvalue weighted by Gasteiger charge is -2.13. The first-order valence-corrected chi connectivity index (χ1v) is 7.47. The average molecular weight is 302 g/mol. The van der Waals surface area contributed by atoms with Crippen LogP contribution >= 0.6 is 0 Å². The lowest BCUT2D eigenvalue weighted by Crippen LogP contribution is -2.41. The number of carboxylic acids is 1. The van der Waals surface area contributed by atoms with Gasteiger partial charge in [-0.1, -0.05) is 0 Å². The first-order chi connectivity index (χ1) is 10.1. The van der Waals surface area contributed by atoms with E-state index in [-0.39, 0.29) is 18.0 Å². The molecule has 122 valence electrons. The molecule has 7 heteroatoms. The number of unbranched alkanes of at least 4 members (excludes halogenated alkanes) is 1. The topological polar surface area (TPSA) is 96.9 Å². The highest BCUT2D eigenvalue weighted by Gasteiger charge is 2.30. The minimum Gasteiger partial charge on any atom is -0.481 e. The van der Waals surface area contributed by atoms with Gasteiger partial charge in [0.05, 0.1) is 19.1 Å². The number of methoxy groups -OCH3 is 1. The molecule has 0 spiro atoms. The van der Waals surface area contributed by atoms with Crippen molar-refractivity contribution in [1.82, 2.24) is 10.6 Å². The summed E-state index contributed by atoms with van der Waals surface area (Å²) in [5, 5.41) is 14.5. The highest BCUT2D eigenvalue weighted by molar-refractivity contribution is 5.75. The molecular formula is C14H26N2O5. The van der Waals surface area contributed by atoms with Crippen LogP contribution in [-0.2, 0) is 14.3 Å². The summed E-state index contributed by atoms with van der Waals surface area (Å²) >= 11 is 0. The van der Waals surface area contributed by atoms with Crippen molar-refractivity contribution < 1.29 is 24.2 Å². The molecule has 2 amide bonds. The van der Waals surface area contributed by atoms with E-state index < -0.39 is 5.97 Å². The van der Waals surface area contributed by atoms with E-state index in [9.17, 15) is 9.59 Å². The van der Waals surface area contributed by atoms with Crippen LogP contribution in [0.25, 0.3) is 0 Å². The molecule has 1 saturated carbocycles. The van der Waals surface area contributed by atoms with Gasteiger partial charge in [0.2, 0.25) is 0 Å². The third-order valence-electron chi connectivity index (χ3n) is 3.55. The SMILES string of the molecule is COCCOCCCCNC(=O)N[C@H]1CC[C@@H](C(=O)O)C1. The van der Waals surface area contributed by atoms with Gasteiger partial charge < -0.3 is 25.2 Å². The molecule has 1 aliphatic carbocycles. The van der Waals surface area contributed by atoms with E-state index in [0.29, 0.717) is 39.2 Å². The van der Waals surface area contributed by atoms with Crippen LogP contribution in [0.15, 0.2) is 0 Å². The predicted molar refractivity (Wildman–Crippen MR) is 77.2 cm³/mol. The number of nitrogens with one attached hydrogen (secondary N) is 2. The summed E-state index contributed by atoms with van der Waals surface area (Å²) in [5.41, 5.74) is 0. The van der Waals surface area contributed by atoms with E-state index in [0.717, 1.165) is 19.3 Å². The number of carboxylic acid groups (broad SMARTS) is 1. The largest absolute Gasteiger partial charge is 0.481 e. The molecule has 1 aliphatic rings. The third kappa shape index (κ3) is 7.87. The van der Waals surface area contributed by atoms with Gasteiger partial charge in [0, 0.05) is 26.3 Å². The summed E-state index contributed by atoms with van der Waals surface area (Å²) in [6.45, 7) is 2.44. The van der Waals surface area contributed by atoms with Crippen molar-refractivity contribution >= 4 is 12.0 Å². The highest BCUT2D eigenvalue weighted by Crippen LogP contribution is 2.25. The number of carbonyl (C=O) groups excluding carboxylic acids is 1. The Morgan fingerprint density at radius 3 is 2.67 bits per heavy atom. The molecule has 0 radical (unpaired) electrons. The van der Waals surface area contributed by atoms with E-state index in [4.69, 9.17) is 14.6 Å². The molecule has 0 aromatic rings. The van der Waals surface area contributed by atoms with Gasteiger partial charge in [0.1, 0.15) is 0 Å². The molecule has 0 aromatic carbocycles.